The normalized spacial score (nSPS) is 10.5. The Morgan fingerprint density at radius 1 is 1.18 bits per heavy atom. The molecule has 0 aliphatic heterocycles. The number of rotatable bonds is 2. The van der Waals surface area contributed by atoms with Gasteiger partial charge in [-0.3, -0.25) is 0 Å². The van der Waals surface area contributed by atoms with E-state index in [1.54, 1.807) is 6.20 Å². The Kier molecular flexibility index (Phi) is 3.04. The molecule has 2 nitrogen and oxygen atoms in total. The van der Waals surface area contributed by atoms with E-state index in [4.69, 9.17) is 5.73 Å². The molecule has 0 aliphatic rings. The third-order valence-corrected chi connectivity index (χ3v) is 2.53. The molecule has 0 fully saturated rings. The predicted octanol–water partition coefficient (Wildman–Crippen LogP) is 2.84. The topological polar surface area (TPSA) is 38.9 Å². The van der Waals surface area contributed by atoms with Crippen molar-refractivity contribution in [1.29, 1.82) is 0 Å². The summed E-state index contributed by atoms with van der Waals surface area (Å²) in [5.41, 5.74) is 7.82. The fourth-order valence-electron chi connectivity index (χ4n) is 1.65. The van der Waals surface area contributed by atoms with Gasteiger partial charge >= 0.3 is 0 Å². The number of benzene rings is 1. The summed E-state index contributed by atoms with van der Waals surface area (Å²) in [4.78, 5) is 4.00. The van der Waals surface area contributed by atoms with Crippen LogP contribution in [0.15, 0.2) is 30.5 Å². The average molecular weight is 234 g/mol. The molecule has 1 aromatic heterocycles. The highest BCUT2D eigenvalue weighted by atomic mass is 19.1. The summed E-state index contributed by atoms with van der Waals surface area (Å²) < 4.78 is 26.2. The van der Waals surface area contributed by atoms with E-state index in [0.29, 0.717) is 17.8 Å². The molecule has 1 heterocycles. The van der Waals surface area contributed by atoms with Crippen molar-refractivity contribution in [2.45, 2.75) is 13.3 Å². The molecule has 2 N–H and O–H groups in total. The van der Waals surface area contributed by atoms with Crippen LogP contribution in [0.2, 0.25) is 0 Å². The molecule has 4 heteroatoms. The summed E-state index contributed by atoms with van der Waals surface area (Å²) in [5.74, 6) is -0.771. The van der Waals surface area contributed by atoms with Crippen molar-refractivity contribution in [3.05, 3.63) is 58.8 Å². The number of halogens is 2. The highest BCUT2D eigenvalue weighted by Gasteiger charge is 2.07. The van der Waals surface area contributed by atoms with Crippen molar-refractivity contribution in [2.24, 2.45) is 0 Å². The zero-order valence-corrected chi connectivity index (χ0v) is 9.37. The Hall–Kier alpha value is -1.97. The van der Waals surface area contributed by atoms with Crippen molar-refractivity contribution in [1.82, 2.24) is 4.98 Å². The van der Waals surface area contributed by atoms with E-state index >= 15 is 0 Å². The minimum absolute atomic E-state index is 0.312. The van der Waals surface area contributed by atoms with E-state index in [1.807, 2.05) is 13.0 Å². The first-order chi connectivity index (χ1) is 8.06. The van der Waals surface area contributed by atoms with Crippen LogP contribution in [0.25, 0.3) is 0 Å². The number of aryl methyl sites for hydroxylation is 1. The third-order valence-electron chi connectivity index (χ3n) is 2.53. The van der Waals surface area contributed by atoms with Gasteiger partial charge in [0.05, 0.1) is 0 Å². The Morgan fingerprint density at radius 3 is 2.65 bits per heavy atom. The number of aromatic nitrogens is 1. The molecule has 0 saturated heterocycles. The second kappa shape index (κ2) is 4.49. The van der Waals surface area contributed by atoms with Crippen molar-refractivity contribution >= 4 is 5.82 Å². The highest BCUT2D eigenvalue weighted by Crippen LogP contribution is 2.18. The summed E-state index contributed by atoms with van der Waals surface area (Å²) in [6.07, 6.45) is 1.96. The summed E-state index contributed by atoms with van der Waals surface area (Å²) in [6, 6.07) is 5.38. The van der Waals surface area contributed by atoms with E-state index < -0.39 is 11.6 Å². The predicted molar refractivity (Wildman–Crippen MR) is 62.6 cm³/mol. The van der Waals surface area contributed by atoms with Crippen LogP contribution in [0.4, 0.5) is 14.6 Å². The minimum Gasteiger partial charge on any atom is -0.383 e. The van der Waals surface area contributed by atoms with Crippen LogP contribution in [0.1, 0.15) is 16.7 Å². The number of hydrogen-bond donors (Lipinski definition) is 1. The van der Waals surface area contributed by atoms with Gasteiger partial charge in [-0.05, 0) is 29.7 Å². The van der Waals surface area contributed by atoms with E-state index in [-0.39, 0.29) is 0 Å². The van der Waals surface area contributed by atoms with Crippen LogP contribution in [0, 0.1) is 18.6 Å². The van der Waals surface area contributed by atoms with Crippen LogP contribution < -0.4 is 5.73 Å². The maximum absolute atomic E-state index is 13.5. The molecular formula is C13H12F2N2. The molecule has 0 unspecified atom stereocenters. The SMILES string of the molecule is Cc1cnc(N)c(Cc2ccc(F)cc2F)c1. The molecule has 0 atom stereocenters. The number of anilines is 1. The van der Waals surface area contributed by atoms with Crippen LogP contribution in [-0.4, -0.2) is 4.98 Å². The average Bonchev–Trinajstić information content (AvgIpc) is 2.27. The van der Waals surface area contributed by atoms with Gasteiger partial charge in [-0.1, -0.05) is 12.1 Å². The van der Waals surface area contributed by atoms with Crippen molar-refractivity contribution in [2.75, 3.05) is 5.73 Å². The summed E-state index contributed by atoms with van der Waals surface area (Å²) in [5, 5.41) is 0. The fraction of sp³-hybridized carbons (Fsp3) is 0.154. The van der Waals surface area contributed by atoms with E-state index in [0.717, 1.165) is 17.2 Å². The Balaban J connectivity index is 2.34. The van der Waals surface area contributed by atoms with Crippen molar-refractivity contribution in [3.8, 4) is 0 Å². The number of nitrogens with two attached hydrogens (primary N) is 1. The fourth-order valence-corrected chi connectivity index (χ4v) is 1.65. The molecule has 17 heavy (non-hydrogen) atoms. The second-order valence-corrected chi connectivity index (χ2v) is 3.97. The van der Waals surface area contributed by atoms with E-state index in [2.05, 4.69) is 4.98 Å². The Morgan fingerprint density at radius 2 is 1.94 bits per heavy atom. The zero-order chi connectivity index (χ0) is 12.4. The lowest BCUT2D eigenvalue weighted by atomic mass is 10.0. The molecule has 0 radical (unpaired) electrons. The molecule has 0 aliphatic carbocycles. The van der Waals surface area contributed by atoms with Gasteiger partial charge in [-0.15, -0.1) is 0 Å². The maximum Gasteiger partial charge on any atom is 0.129 e. The lowest BCUT2D eigenvalue weighted by molar-refractivity contribution is 0.574. The van der Waals surface area contributed by atoms with Crippen molar-refractivity contribution < 1.29 is 8.78 Å². The summed E-state index contributed by atoms with van der Waals surface area (Å²) >= 11 is 0. The number of nitrogens with zero attached hydrogens (tertiary/aromatic N) is 1. The van der Waals surface area contributed by atoms with Gasteiger partial charge in [0.25, 0.3) is 0 Å². The molecule has 0 saturated carbocycles. The molecule has 1 aromatic carbocycles. The van der Waals surface area contributed by atoms with Crippen LogP contribution in [0.5, 0.6) is 0 Å². The van der Waals surface area contributed by atoms with Gasteiger partial charge in [0.15, 0.2) is 0 Å². The van der Waals surface area contributed by atoms with Crippen molar-refractivity contribution in [3.63, 3.8) is 0 Å². The largest absolute Gasteiger partial charge is 0.383 e. The first-order valence-corrected chi connectivity index (χ1v) is 5.21. The van der Waals surface area contributed by atoms with E-state index in [1.165, 1.54) is 12.1 Å². The monoisotopic (exact) mass is 234 g/mol. The van der Waals surface area contributed by atoms with Gasteiger partial charge in [0.2, 0.25) is 0 Å². The van der Waals surface area contributed by atoms with Gasteiger partial charge in [-0.2, -0.15) is 0 Å². The highest BCUT2D eigenvalue weighted by molar-refractivity contribution is 5.43. The van der Waals surface area contributed by atoms with E-state index in [9.17, 15) is 8.78 Å². The smallest absolute Gasteiger partial charge is 0.129 e. The number of nitrogen functional groups attached to an aromatic ring is 1. The first kappa shape index (κ1) is 11.5. The summed E-state index contributed by atoms with van der Waals surface area (Å²) in [7, 11) is 0. The van der Waals surface area contributed by atoms with Crippen LogP contribution in [-0.2, 0) is 6.42 Å². The van der Waals surface area contributed by atoms with Crippen LogP contribution in [0.3, 0.4) is 0 Å². The Bertz CT molecular complexity index is 553. The van der Waals surface area contributed by atoms with Gasteiger partial charge in [0.1, 0.15) is 17.5 Å². The molecular weight excluding hydrogens is 222 g/mol. The van der Waals surface area contributed by atoms with Gasteiger partial charge < -0.3 is 5.73 Å². The minimum atomic E-state index is -0.582. The summed E-state index contributed by atoms with van der Waals surface area (Å²) in [6.45, 7) is 1.89. The standard InChI is InChI=1S/C13H12F2N2/c1-8-4-10(13(16)17-7-8)5-9-2-3-11(14)6-12(9)15/h2-4,6-7H,5H2,1H3,(H2,16,17). The van der Waals surface area contributed by atoms with Gasteiger partial charge in [-0.25, -0.2) is 13.8 Å². The lowest BCUT2D eigenvalue weighted by Crippen LogP contribution is -2.01. The van der Waals surface area contributed by atoms with Crippen LogP contribution >= 0.6 is 0 Å². The zero-order valence-electron chi connectivity index (χ0n) is 9.37. The first-order valence-electron chi connectivity index (χ1n) is 5.21. The molecule has 2 aromatic rings. The quantitative estimate of drug-likeness (QED) is 0.867. The molecule has 0 bridgehead atoms. The molecule has 0 spiro atoms. The molecule has 88 valence electrons. The maximum atomic E-state index is 13.5. The lowest BCUT2D eigenvalue weighted by Gasteiger charge is -2.07. The third kappa shape index (κ3) is 2.58. The molecule has 0 amide bonds. The molecule has 2 rings (SSSR count). The van der Waals surface area contributed by atoms with Gasteiger partial charge in [0, 0.05) is 18.7 Å². The number of pyridine rings is 1. The Labute approximate surface area is 98.1 Å². The second-order valence-electron chi connectivity index (χ2n) is 3.97. The number of hydrogen-bond acceptors (Lipinski definition) is 2.